The lowest BCUT2D eigenvalue weighted by atomic mass is 9.88. The molecule has 0 spiro atoms. The fourth-order valence-electron chi connectivity index (χ4n) is 3.71. The molecule has 0 radical (unpaired) electrons. The summed E-state index contributed by atoms with van der Waals surface area (Å²) in [5, 5.41) is 4.84. The molecule has 2 unspecified atom stereocenters. The molecule has 1 aliphatic heterocycles. The minimum atomic E-state index is -3.50. The molecule has 0 bridgehead atoms. The van der Waals surface area contributed by atoms with Gasteiger partial charge in [0.25, 0.3) is 10.0 Å². The Balaban J connectivity index is 1.62. The van der Waals surface area contributed by atoms with Gasteiger partial charge < -0.3 is 5.32 Å². The van der Waals surface area contributed by atoms with Gasteiger partial charge >= 0.3 is 0 Å². The van der Waals surface area contributed by atoms with Crippen molar-refractivity contribution in [2.24, 2.45) is 11.8 Å². The summed E-state index contributed by atoms with van der Waals surface area (Å²) in [4.78, 5) is 12.8. The van der Waals surface area contributed by atoms with Gasteiger partial charge in [-0.25, -0.2) is 8.42 Å². The van der Waals surface area contributed by atoms with E-state index in [9.17, 15) is 13.2 Å². The minimum Gasteiger partial charge on any atom is -0.355 e. The average molecular weight is 421 g/mol. The lowest BCUT2D eigenvalue weighted by Gasteiger charge is -2.31. The Labute approximate surface area is 171 Å². The molecule has 1 aliphatic rings. The predicted octanol–water partition coefficient (Wildman–Crippen LogP) is 3.70. The van der Waals surface area contributed by atoms with Gasteiger partial charge in [0.05, 0.1) is 5.92 Å². The monoisotopic (exact) mass is 420 g/mol. The van der Waals surface area contributed by atoms with Crippen molar-refractivity contribution in [2.75, 3.05) is 19.6 Å². The van der Waals surface area contributed by atoms with Crippen molar-refractivity contribution in [3.8, 4) is 0 Å². The van der Waals surface area contributed by atoms with E-state index in [1.165, 1.54) is 21.2 Å². The van der Waals surface area contributed by atoms with Crippen LogP contribution in [0.15, 0.2) is 52.1 Å². The molecule has 5 nitrogen and oxygen atoms in total. The highest BCUT2D eigenvalue weighted by Crippen LogP contribution is 2.27. The second-order valence-corrected chi connectivity index (χ2v) is 10.8. The number of rotatable bonds is 7. The molecule has 0 aliphatic carbocycles. The topological polar surface area (TPSA) is 66.5 Å². The summed E-state index contributed by atoms with van der Waals surface area (Å²) in [6, 6.07) is 13.6. The third-order valence-corrected chi connectivity index (χ3v) is 8.61. The first-order chi connectivity index (χ1) is 13.4. The van der Waals surface area contributed by atoms with Crippen LogP contribution in [0.1, 0.15) is 38.2 Å². The molecule has 1 fully saturated rings. The number of sulfonamides is 1. The van der Waals surface area contributed by atoms with Crippen LogP contribution >= 0.6 is 11.3 Å². The first-order valence-corrected chi connectivity index (χ1v) is 12.1. The van der Waals surface area contributed by atoms with Crippen LogP contribution in [0.3, 0.4) is 0 Å². The molecule has 1 aromatic heterocycles. The molecule has 1 aromatic carbocycles. The molecule has 1 saturated heterocycles. The SMILES string of the molecule is CC(C)C(CNC(=O)C1CCCN(S(=O)(=O)c2cccs2)C1)c1ccccc1. The Morgan fingerprint density at radius 3 is 2.61 bits per heavy atom. The van der Waals surface area contributed by atoms with Gasteiger partial charge in [0, 0.05) is 25.6 Å². The Kier molecular flexibility index (Phi) is 6.91. The number of thiophene rings is 1. The standard InChI is InChI=1S/C21H28N2O3S2/c1-16(2)19(17-8-4-3-5-9-17)14-22-21(24)18-10-6-12-23(15-18)28(25,26)20-11-7-13-27-20/h3-5,7-9,11,13,16,18-19H,6,10,12,14-15H2,1-2H3,(H,22,24). The van der Waals surface area contributed by atoms with Crippen molar-refractivity contribution in [2.45, 2.75) is 36.8 Å². The molecule has 0 saturated carbocycles. The molecule has 2 atom stereocenters. The molecule has 1 amide bonds. The number of hydrogen-bond donors (Lipinski definition) is 1. The molecule has 1 N–H and O–H groups in total. The molecule has 3 rings (SSSR count). The fourth-order valence-corrected chi connectivity index (χ4v) is 6.37. The quantitative estimate of drug-likeness (QED) is 0.743. The van der Waals surface area contributed by atoms with Gasteiger partial charge in [0.15, 0.2) is 0 Å². The summed E-state index contributed by atoms with van der Waals surface area (Å²) in [6.45, 7) is 5.60. The van der Waals surface area contributed by atoms with E-state index in [0.717, 1.165) is 6.42 Å². The van der Waals surface area contributed by atoms with E-state index in [2.05, 4.69) is 31.3 Å². The van der Waals surface area contributed by atoms with Gasteiger partial charge in [0.2, 0.25) is 5.91 Å². The van der Waals surface area contributed by atoms with E-state index in [-0.39, 0.29) is 24.3 Å². The van der Waals surface area contributed by atoms with E-state index in [1.54, 1.807) is 17.5 Å². The van der Waals surface area contributed by atoms with Crippen LogP contribution < -0.4 is 5.32 Å². The van der Waals surface area contributed by atoms with Gasteiger partial charge in [-0.15, -0.1) is 11.3 Å². The van der Waals surface area contributed by atoms with E-state index < -0.39 is 10.0 Å². The zero-order chi connectivity index (χ0) is 20.1. The van der Waals surface area contributed by atoms with E-state index in [1.807, 2.05) is 18.2 Å². The lowest BCUT2D eigenvalue weighted by molar-refractivity contribution is -0.126. The highest BCUT2D eigenvalue weighted by molar-refractivity contribution is 7.91. The molecule has 28 heavy (non-hydrogen) atoms. The lowest BCUT2D eigenvalue weighted by Crippen LogP contribution is -2.46. The first-order valence-electron chi connectivity index (χ1n) is 9.76. The van der Waals surface area contributed by atoms with Crippen molar-refractivity contribution >= 4 is 27.3 Å². The second kappa shape index (κ2) is 9.20. The highest BCUT2D eigenvalue weighted by atomic mass is 32.2. The zero-order valence-corrected chi connectivity index (χ0v) is 18.0. The van der Waals surface area contributed by atoms with Gasteiger partial charge in [-0.3, -0.25) is 4.79 Å². The number of hydrogen-bond acceptors (Lipinski definition) is 4. The van der Waals surface area contributed by atoms with E-state index >= 15 is 0 Å². The Bertz CT molecular complexity index is 864. The third-order valence-electron chi connectivity index (χ3n) is 5.37. The maximum atomic E-state index is 12.8. The van der Waals surface area contributed by atoms with E-state index in [0.29, 0.717) is 29.6 Å². The zero-order valence-electron chi connectivity index (χ0n) is 16.4. The van der Waals surface area contributed by atoms with Crippen LogP contribution in [0, 0.1) is 11.8 Å². The summed E-state index contributed by atoms with van der Waals surface area (Å²) < 4.78 is 27.3. The number of amides is 1. The van der Waals surface area contributed by atoms with Crippen LogP contribution in [0.4, 0.5) is 0 Å². The van der Waals surface area contributed by atoms with Gasteiger partial charge in [0.1, 0.15) is 4.21 Å². The van der Waals surface area contributed by atoms with Gasteiger partial charge in [-0.1, -0.05) is 50.2 Å². The summed E-state index contributed by atoms with van der Waals surface area (Å²) in [7, 11) is -3.50. The van der Waals surface area contributed by atoms with E-state index in [4.69, 9.17) is 0 Å². The number of piperidine rings is 1. The number of carbonyl (C=O) groups is 1. The van der Waals surface area contributed by atoms with Crippen molar-refractivity contribution in [3.05, 3.63) is 53.4 Å². The Morgan fingerprint density at radius 1 is 1.21 bits per heavy atom. The minimum absolute atomic E-state index is 0.0485. The molecule has 2 heterocycles. The molecule has 7 heteroatoms. The van der Waals surface area contributed by atoms with Crippen LogP contribution in [0.5, 0.6) is 0 Å². The predicted molar refractivity (Wildman–Crippen MR) is 113 cm³/mol. The fraction of sp³-hybridized carbons (Fsp3) is 0.476. The normalized spacial score (nSPS) is 19.5. The second-order valence-electron chi connectivity index (χ2n) is 7.64. The number of nitrogens with one attached hydrogen (secondary N) is 1. The Morgan fingerprint density at radius 2 is 1.96 bits per heavy atom. The van der Waals surface area contributed by atoms with Gasteiger partial charge in [-0.2, -0.15) is 4.31 Å². The molecular weight excluding hydrogens is 392 g/mol. The molecule has 152 valence electrons. The highest BCUT2D eigenvalue weighted by Gasteiger charge is 2.34. The maximum absolute atomic E-state index is 12.8. The third kappa shape index (κ3) is 4.82. The van der Waals surface area contributed by atoms with Gasteiger partial charge in [-0.05, 0) is 35.8 Å². The van der Waals surface area contributed by atoms with Crippen LogP contribution in [0.2, 0.25) is 0 Å². The molecular formula is C21H28N2O3S2. The van der Waals surface area contributed by atoms with Crippen LogP contribution in [-0.4, -0.2) is 38.3 Å². The van der Waals surface area contributed by atoms with Crippen LogP contribution in [-0.2, 0) is 14.8 Å². The number of carbonyl (C=O) groups excluding carboxylic acids is 1. The average Bonchev–Trinajstić information content (AvgIpc) is 3.24. The number of benzene rings is 1. The largest absolute Gasteiger partial charge is 0.355 e. The smallest absolute Gasteiger partial charge is 0.252 e. The maximum Gasteiger partial charge on any atom is 0.252 e. The van der Waals surface area contributed by atoms with Crippen molar-refractivity contribution in [1.82, 2.24) is 9.62 Å². The van der Waals surface area contributed by atoms with Crippen molar-refractivity contribution < 1.29 is 13.2 Å². The summed E-state index contributed by atoms with van der Waals surface area (Å²) in [6.07, 6.45) is 1.43. The first kappa shape index (κ1) is 21.0. The van der Waals surface area contributed by atoms with Crippen LogP contribution in [0.25, 0.3) is 0 Å². The molecule has 2 aromatic rings. The summed E-state index contributed by atoms with van der Waals surface area (Å²) in [5.41, 5.74) is 1.21. The summed E-state index contributed by atoms with van der Waals surface area (Å²) in [5.74, 6) is 0.282. The van der Waals surface area contributed by atoms with Crippen molar-refractivity contribution in [1.29, 1.82) is 0 Å². The Hall–Kier alpha value is -1.70. The van der Waals surface area contributed by atoms with Crippen molar-refractivity contribution in [3.63, 3.8) is 0 Å². The number of nitrogens with zero attached hydrogens (tertiary/aromatic N) is 1. The summed E-state index contributed by atoms with van der Waals surface area (Å²) >= 11 is 1.22.